The number of amides is 2. The van der Waals surface area contributed by atoms with Gasteiger partial charge in [0.1, 0.15) is 11.6 Å². The molecule has 2 fully saturated rings. The monoisotopic (exact) mass is 576 g/mol. The van der Waals surface area contributed by atoms with Crippen molar-refractivity contribution in [1.82, 2.24) is 9.80 Å². The molecule has 41 heavy (non-hydrogen) atoms. The first kappa shape index (κ1) is 29.1. The van der Waals surface area contributed by atoms with Gasteiger partial charge in [-0.05, 0) is 73.2 Å². The van der Waals surface area contributed by atoms with Crippen LogP contribution in [0.1, 0.15) is 56.1 Å². The highest BCUT2D eigenvalue weighted by Gasteiger charge is 2.48. The normalized spacial score (nSPS) is 20.0. The van der Waals surface area contributed by atoms with Gasteiger partial charge in [-0.3, -0.25) is 9.59 Å². The van der Waals surface area contributed by atoms with Gasteiger partial charge in [-0.15, -0.1) is 0 Å². The molecule has 0 radical (unpaired) electrons. The molecule has 3 aromatic carbocycles. The lowest BCUT2D eigenvalue weighted by Gasteiger charge is -2.45. The van der Waals surface area contributed by atoms with E-state index in [1.54, 1.807) is 23.1 Å². The molecule has 1 saturated carbocycles. The first-order valence-corrected chi connectivity index (χ1v) is 14.9. The Hall–Kier alpha value is -3.38. The molecule has 0 bridgehead atoms. The van der Waals surface area contributed by atoms with Gasteiger partial charge < -0.3 is 14.5 Å². The smallest absolute Gasteiger partial charge is 0.233 e. The molecular formula is C34H38ClFN2O3. The van der Waals surface area contributed by atoms with Crippen LogP contribution in [0.5, 0.6) is 5.75 Å². The van der Waals surface area contributed by atoms with E-state index in [4.69, 9.17) is 16.3 Å². The molecule has 0 aromatic heterocycles. The topological polar surface area (TPSA) is 49.9 Å². The van der Waals surface area contributed by atoms with Crippen LogP contribution in [-0.2, 0) is 21.5 Å². The van der Waals surface area contributed by atoms with Gasteiger partial charge in [0.15, 0.2) is 0 Å². The lowest BCUT2D eigenvalue weighted by molar-refractivity contribution is -0.145. The Morgan fingerprint density at radius 1 is 0.951 bits per heavy atom. The van der Waals surface area contributed by atoms with Gasteiger partial charge >= 0.3 is 0 Å². The first-order valence-electron chi connectivity index (χ1n) is 14.5. The lowest BCUT2D eigenvalue weighted by Crippen LogP contribution is -2.55. The zero-order valence-corrected chi connectivity index (χ0v) is 24.4. The third-order valence-electron chi connectivity index (χ3n) is 8.77. The second-order valence-corrected chi connectivity index (χ2v) is 12.2. The number of benzene rings is 3. The quantitative estimate of drug-likeness (QED) is 0.275. The maximum Gasteiger partial charge on any atom is 0.233 e. The maximum atomic E-state index is 14.3. The van der Waals surface area contributed by atoms with Crippen LogP contribution >= 0.6 is 11.6 Å². The molecule has 1 heterocycles. The number of ether oxygens (including phenoxy) is 1. The molecule has 1 saturated heterocycles. The van der Waals surface area contributed by atoms with Crippen molar-refractivity contribution >= 4 is 23.4 Å². The van der Waals surface area contributed by atoms with Gasteiger partial charge in [0.25, 0.3) is 0 Å². The minimum Gasteiger partial charge on any atom is -0.493 e. The number of carbonyl (C=O) groups excluding carboxylic acids is 2. The van der Waals surface area contributed by atoms with E-state index in [0.29, 0.717) is 49.9 Å². The summed E-state index contributed by atoms with van der Waals surface area (Å²) in [4.78, 5) is 31.7. The minimum absolute atomic E-state index is 0.0172. The van der Waals surface area contributed by atoms with E-state index in [9.17, 15) is 14.0 Å². The maximum absolute atomic E-state index is 14.3. The molecule has 216 valence electrons. The molecule has 2 aliphatic rings. The van der Waals surface area contributed by atoms with Crippen LogP contribution in [0.25, 0.3) is 0 Å². The summed E-state index contributed by atoms with van der Waals surface area (Å²) < 4.78 is 20.6. The van der Waals surface area contributed by atoms with Crippen molar-refractivity contribution in [3.05, 3.63) is 101 Å². The highest BCUT2D eigenvalue weighted by Crippen LogP contribution is 2.45. The number of piperidine rings is 1. The molecule has 0 unspecified atom stereocenters. The zero-order valence-electron chi connectivity index (χ0n) is 23.7. The number of carbonyl (C=O) groups is 2. The Kier molecular flexibility index (Phi) is 8.98. The number of likely N-dealkylation sites (tertiary alicyclic amines) is 1. The average molecular weight is 577 g/mol. The molecular weight excluding hydrogens is 539 g/mol. The fraction of sp³-hybridized carbons (Fsp3) is 0.412. The highest BCUT2D eigenvalue weighted by atomic mass is 35.5. The predicted octanol–water partition coefficient (Wildman–Crippen LogP) is 7.03. The van der Waals surface area contributed by atoms with Gasteiger partial charge in [-0.2, -0.15) is 0 Å². The summed E-state index contributed by atoms with van der Waals surface area (Å²) in [5.41, 5.74) is 0.536. The summed E-state index contributed by atoms with van der Waals surface area (Å²) >= 11 is 6.07. The van der Waals surface area contributed by atoms with E-state index >= 15 is 0 Å². The van der Waals surface area contributed by atoms with Crippen LogP contribution in [0.4, 0.5) is 4.39 Å². The average Bonchev–Trinajstić information content (AvgIpc) is 3.49. The van der Waals surface area contributed by atoms with E-state index < -0.39 is 10.8 Å². The third kappa shape index (κ3) is 6.75. The molecule has 2 amide bonds. The molecule has 5 nitrogen and oxygen atoms in total. The van der Waals surface area contributed by atoms with E-state index in [1.807, 2.05) is 60.5 Å². The Balaban J connectivity index is 1.39. The minimum atomic E-state index is -0.726. The molecule has 3 aromatic rings. The van der Waals surface area contributed by atoms with Crippen molar-refractivity contribution in [3.8, 4) is 5.75 Å². The molecule has 5 rings (SSSR count). The molecule has 0 spiro atoms. The Labute approximate surface area is 247 Å². The van der Waals surface area contributed by atoms with E-state index in [-0.39, 0.29) is 24.1 Å². The zero-order chi connectivity index (χ0) is 28.9. The SMILES string of the molecule is CN(Cc1ccccc1)C(=O)C[C@]1(COc2ccc(Cl)cc2)CCCN(C(=O)C2(c3cccc(F)c3)CCCC2)C1. The summed E-state index contributed by atoms with van der Waals surface area (Å²) in [6.45, 7) is 1.85. The van der Waals surface area contributed by atoms with Crippen molar-refractivity contribution < 1.29 is 18.7 Å². The summed E-state index contributed by atoms with van der Waals surface area (Å²) in [5.74, 6) is 0.414. The van der Waals surface area contributed by atoms with Crippen LogP contribution in [0.3, 0.4) is 0 Å². The number of hydrogen-bond donors (Lipinski definition) is 0. The number of halogens is 2. The van der Waals surface area contributed by atoms with Crippen LogP contribution < -0.4 is 4.74 Å². The molecule has 7 heteroatoms. The summed E-state index contributed by atoms with van der Waals surface area (Å²) in [7, 11) is 1.83. The van der Waals surface area contributed by atoms with E-state index in [2.05, 4.69) is 0 Å². The van der Waals surface area contributed by atoms with Crippen LogP contribution in [0, 0.1) is 11.2 Å². The highest BCUT2D eigenvalue weighted by molar-refractivity contribution is 6.30. The Bertz CT molecular complexity index is 1340. The van der Waals surface area contributed by atoms with Crippen molar-refractivity contribution in [2.24, 2.45) is 5.41 Å². The van der Waals surface area contributed by atoms with Crippen LogP contribution in [0.15, 0.2) is 78.9 Å². The van der Waals surface area contributed by atoms with Crippen LogP contribution in [-0.4, -0.2) is 48.4 Å². The lowest BCUT2D eigenvalue weighted by atomic mass is 9.74. The fourth-order valence-corrected chi connectivity index (χ4v) is 6.68. The van der Waals surface area contributed by atoms with Crippen molar-refractivity contribution in [2.75, 3.05) is 26.7 Å². The molecule has 1 aliphatic carbocycles. The molecule has 1 aliphatic heterocycles. The largest absolute Gasteiger partial charge is 0.493 e. The predicted molar refractivity (Wildman–Crippen MR) is 159 cm³/mol. The third-order valence-corrected chi connectivity index (χ3v) is 9.02. The molecule has 0 N–H and O–H groups in total. The summed E-state index contributed by atoms with van der Waals surface area (Å²) in [6, 6.07) is 23.6. The first-order chi connectivity index (χ1) is 19.8. The second-order valence-electron chi connectivity index (χ2n) is 11.8. The van der Waals surface area contributed by atoms with Gasteiger partial charge in [0.2, 0.25) is 11.8 Å². The van der Waals surface area contributed by atoms with Gasteiger partial charge in [0.05, 0.1) is 12.0 Å². The Morgan fingerprint density at radius 3 is 2.39 bits per heavy atom. The number of nitrogens with zero attached hydrogens (tertiary/aromatic N) is 2. The van der Waals surface area contributed by atoms with E-state index in [1.165, 1.54) is 12.1 Å². The standard InChI is InChI=1S/C34H38ClFN2O3/c1-37(23-26-9-3-2-4-10-26)31(39)22-33(25-41-30-15-13-28(35)14-16-30)17-8-20-38(24-33)32(40)34(18-5-6-19-34)27-11-7-12-29(36)21-27/h2-4,7,9-16,21H,5-6,8,17-20,22-25H2,1H3/t33-/m1/s1. The fourth-order valence-electron chi connectivity index (χ4n) is 6.56. The van der Waals surface area contributed by atoms with E-state index in [0.717, 1.165) is 36.8 Å². The van der Waals surface area contributed by atoms with Crippen molar-refractivity contribution in [3.63, 3.8) is 0 Å². The summed E-state index contributed by atoms with van der Waals surface area (Å²) in [6.07, 6.45) is 5.08. The van der Waals surface area contributed by atoms with Crippen LogP contribution in [0.2, 0.25) is 5.02 Å². The Morgan fingerprint density at radius 2 is 1.68 bits per heavy atom. The van der Waals surface area contributed by atoms with Gasteiger partial charge in [-0.1, -0.05) is 66.9 Å². The second kappa shape index (κ2) is 12.6. The van der Waals surface area contributed by atoms with Gasteiger partial charge in [-0.25, -0.2) is 4.39 Å². The number of rotatable bonds is 9. The number of hydrogen-bond acceptors (Lipinski definition) is 3. The van der Waals surface area contributed by atoms with Crippen molar-refractivity contribution in [2.45, 2.75) is 56.9 Å². The van der Waals surface area contributed by atoms with Crippen molar-refractivity contribution in [1.29, 1.82) is 0 Å². The summed E-state index contributed by atoms with van der Waals surface area (Å²) in [5, 5.41) is 0.624. The van der Waals surface area contributed by atoms with Gasteiger partial charge in [0, 0.05) is 43.5 Å². The molecule has 1 atom stereocenters.